The van der Waals surface area contributed by atoms with Gasteiger partial charge in [-0.25, -0.2) is 11.6 Å². The first-order valence-corrected chi connectivity index (χ1v) is 2.13. The van der Waals surface area contributed by atoms with Crippen molar-refractivity contribution < 1.29 is 52.4 Å². The van der Waals surface area contributed by atoms with Crippen molar-refractivity contribution in [1.82, 2.24) is 0 Å². The van der Waals surface area contributed by atoms with Crippen molar-refractivity contribution in [2.24, 2.45) is 0 Å². The van der Waals surface area contributed by atoms with Crippen LogP contribution in [-0.2, 0) is 52.4 Å². The molecule has 0 amide bonds. The number of hydrogen-bond acceptors (Lipinski definition) is 0. The summed E-state index contributed by atoms with van der Waals surface area (Å²) in [7, 11) is 0. The Morgan fingerprint density at radius 1 is 0.929 bits per heavy atom. The topological polar surface area (TPSA) is 0 Å². The summed E-state index contributed by atoms with van der Waals surface area (Å²) in [5.41, 5.74) is 1.27. The Kier molecular flexibility index (Phi) is 138. The molecule has 88 valence electrons. The van der Waals surface area contributed by atoms with Gasteiger partial charge in [-0.05, 0) is 0 Å². The molecule has 0 atom stereocenters. The maximum Gasteiger partial charge on any atom is 0 e. The van der Waals surface area contributed by atoms with E-state index in [0.717, 1.165) is 6.42 Å². The summed E-state index contributed by atoms with van der Waals surface area (Å²) >= 11 is 0. The van der Waals surface area contributed by atoms with Gasteiger partial charge in [0, 0.05) is 52.4 Å². The average molecular weight is 480 g/mol. The molecule has 1 aliphatic rings. The summed E-state index contributed by atoms with van der Waals surface area (Å²) in [6.45, 7) is 2.06. The van der Waals surface area contributed by atoms with Crippen molar-refractivity contribution in [1.29, 1.82) is 0 Å². The van der Waals surface area contributed by atoms with Crippen LogP contribution >= 0.6 is 74.4 Å². The molecule has 0 aromatic rings. The van der Waals surface area contributed by atoms with Gasteiger partial charge in [0.1, 0.15) is 0 Å². The van der Waals surface area contributed by atoms with Crippen molar-refractivity contribution in [2.45, 2.75) is 13.3 Å². The molecule has 0 heterocycles. The van der Waals surface area contributed by atoms with Gasteiger partial charge in [-0.15, -0.1) is 80.9 Å². The zero-order valence-corrected chi connectivity index (χ0v) is 17.1. The molecule has 0 bridgehead atoms. The van der Waals surface area contributed by atoms with Crippen LogP contribution < -0.4 is 0 Å². The molecule has 0 radical (unpaired) electrons. The summed E-state index contributed by atoms with van der Waals surface area (Å²) in [6, 6.07) is 0. The number of hydrogen-bond donors (Lipinski definition) is 0. The fraction of sp³-hybridized carbons (Fsp3) is 0.333. The minimum atomic E-state index is 0. The predicted octanol–water partition coefficient (Wildman–Crippen LogP) is 4.22. The van der Waals surface area contributed by atoms with Crippen molar-refractivity contribution in [3.05, 3.63) is 23.8 Å². The fourth-order valence-corrected chi connectivity index (χ4v) is 0.515. The second kappa shape index (κ2) is 36.0. The van der Waals surface area contributed by atoms with E-state index in [1.807, 2.05) is 0 Å². The maximum absolute atomic E-state index is 3.12. The third-order valence-corrected chi connectivity index (χ3v) is 0.867. The van der Waals surface area contributed by atoms with Crippen molar-refractivity contribution >= 4 is 74.4 Å². The van der Waals surface area contributed by atoms with Gasteiger partial charge >= 0.3 is 0 Å². The molecule has 0 aromatic carbocycles. The van der Waals surface area contributed by atoms with E-state index < -0.39 is 0 Å². The minimum Gasteiger partial charge on any atom is -0.270 e. The molecule has 0 saturated heterocycles. The van der Waals surface area contributed by atoms with Crippen molar-refractivity contribution in [2.75, 3.05) is 0 Å². The number of rotatable bonds is 0. The molecular formula is C6H13Cl6Zr2-. The van der Waals surface area contributed by atoms with E-state index >= 15 is 0 Å². The molecule has 1 aliphatic carbocycles. The zero-order valence-electron chi connectivity index (χ0n) is 7.31. The molecule has 0 N–H and O–H groups in total. The van der Waals surface area contributed by atoms with Gasteiger partial charge < -0.3 is 0 Å². The van der Waals surface area contributed by atoms with Crippen LogP contribution in [0.2, 0.25) is 0 Å². The van der Waals surface area contributed by atoms with E-state index in [9.17, 15) is 0 Å². The smallest absolute Gasteiger partial charge is 0 e. The maximum atomic E-state index is 3.12. The number of halogens is 6. The Bertz CT molecular complexity index is 114. The molecule has 0 unspecified atom stereocenters. The standard InChI is InChI=1S/C6H7.6ClH.2Zr/c1-6-4-2-3-5-6;;;;;;;;/h2,4H,3H2,1H3;6*1H;;/q-1;;;;;;;;. The van der Waals surface area contributed by atoms with Crippen LogP contribution in [-0.4, -0.2) is 0 Å². The third kappa shape index (κ3) is 29.4. The monoisotopic (exact) mass is 475 g/mol. The molecule has 8 heteroatoms. The summed E-state index contributed by atoms with van der Waals surface area (Å²) in [5.74, 6) is 0. The largest absolute Gasteiger partial charge is 0.270 e. The molecule has 0 nitrogen and oxygen atoms in total. The average Bonchev–Trinajstić information content (AvgIpc) is 1.86. The normalized spacial score (nSPS) is 7.93. The van der Waals surface area contributed by atoms with Gasteiger partial charge in [-0.3, -0.25) is 6.08 Å². The minimum absolute atomic E-state index is 0. The predicted molar refractivity (Wildman–Crippen MR) is 69.7 cm³/mol. The molecule has 1 rings (SSSR count). The van der Waals surface area contributed by atoms with Crippen molar-refractivity contribution in [3.63, 3.8) is 0 Å². The molecule has 0 aliphatic heterocycles. The van der Waals surface area contributed by atoms with Gasteiger partial charge in [0.15, 0.2) is 0 Å². The van der Waals surface area contributed by atoms with Gasteiger partial charge in [-0.1, -0.05) is 6.92 Å². The van der Waals surface area contributed by atoms with Crippen LogP contribution in [0.4, 0.5) is 0 Å². The Hall–Kier alpha value is 2.99. The van der Waals surface area contributed by atoms with Crippen LogP contribution in [0.15, 0.2) is 17.7 Å². The Morgan fingerprint density at radius 3 is 1.36 bits per heavy atom. The van der Waals surface area contributed by atoms with E-state index in [2.05, 4.69) is 25.2 Å². The first kappa shape index (κ1) is 53.8. The van der Waals surface area contributed by atoms with E-state index in [1.165, 1.54) is 5.57 Å². The number of allylic oxidation sites excluding steroid dienone is 4. The van der Waals surface area contributed by atoms with E-state index in [0.29, 0.717) is 0 Å². The molecular weight excluding hydrogens is 467 g/mol. The summed E-state index contributed by atoms with van der Waals surface area (Å²) < 4.78 is 0. The van der Waals surface area contributed by atoms with Gasteiger partial charge in [0.2, 0.25) is 0 Å². The Balaban J connectivity index is -0.00000000750. The van der Waals surface area contributed by atoms with Crippen LogP contribution in [0.25, 0.3) is 0 Å². The Labute approximate surface area is 162 Å². The van der Waals surface area contributed by atoms with E-state index in [-0.39, 0.29) is 127 Å². The van der Waals surface area contributed by atoms with Gasteiger partial charge in [-0.2, -0.15) is 6.08 Å². The van der Waals surface area contributed by atoms with Gasteiger partial charge in [0.25, 0.3) is 0 Å². The van der Waals surface area contributed by atoms with Gasteiger partial charge in [0.05, 0.1) is 0 Å². The zero-order chi connectivity index (χ0) is 4.41. The molecule has 14 heavy (non-hydrogen) atoms. The molecule has 0 saturated carbocycles. The van der Waals surface area contributed by atoms with Crippen LogP contribution in [0.3, 0.4) is 0 Å². The summed E-state index contributed by atoms with van der Waals surface area (Å²) in [4.78, 5) is 0. The van der Waals surface area contributed by atoms with Crippen LogP contribution in [0.1, 0.15) is 13.3 Å². The Morgan fingerprint density at radius 2 is 1.29 bits per heavy atom. The van der Waals surface area contributed by atoms with Crippen molar-refractivity contribution in [3.8, 4) is 0 Å². The van der Waals surface area contributed by atoms with Crippen LogP contribution in [0.5, 0.6) is 0 Å². The van der Waals surface area contributed by atoms with Crippen LogP contribution in [0, 0.1) is 6.08 Å². The quantitative estimate of drug-likeness (QED) is 0.456. The first-order valence-electron chi connectivity index (χ1n) is 2.13. The second-order valence-electron chi connectivity index (χ2n) is 1.47. The molecule has 0 fully saturated rings. The van der Waals surface area contributed by atoms with E-state index in [1.54, 1.807) is 0 Å². The molecule has 0 aromatic heterocycles. The summed E-state index contributed by atoms with van der Waals surface area (Å²) in [5, 5.41) is 0. The third-order valence-electron chi connectivity index (χ3n) is 0.867. The molecule has 0 spiro atoms. The second-order valence-corrected chi connectivity index (χ2v) is 1.47. The first-order chi connectivity index (χ1) is 2.89. The van der Waals surface area contributed by atoms with E-state index in [4.69, 9.17) is 0 Å². The summed E-state index contributed by atoms with van der Waals surface area (Å²) in [6.07, 6.45) is 8.33. The SMILES string of the molecule is CC1=[C-]CC=C1.Cl.Cl.Cl.Cl.Cl.Cl.[Zr].[Zr]. The fourth-order valence-electron chi connectivity index (χ4n) is 0.515.